The van der Waals surface area contributed by atoms with E-state index >= 15 is 0 Å². The molecule has 0 saturated heterocycles. The quantitative estimate of drug-likeness (QED) is 0.317. The van der Waals surface area contributed by atoms with Crippen LogP contribution in [0.15, 0.2) is 35.3 Å². The number of hydrogen-bond acceptors (Lipinski definition) is 9. The van der Waals surface area contributed by atoms with Crippen molar-refractivity contribution in [1.82, 2.24) is 24.6 Å². The van der Waals surface area contributed by atoms with E-state index in [1.165, 1.54) is 4.68 Å². The number of nitrogens with two attached hydrogens (primary N) is 1. The van der Waals surface area contributed by atoms with E-state index in [1.54, 1.807) is 6.20 Å². The molecule has 0 fully saturated rings. The van der Waals surface area contributed by atoms with E-state index in [9.17, 15) is 15.0 Å². The largest absolute Gasteiger partial charge is 0.395 e. The summed E-state index contributed by atoms with van der Waals surface area (Å²) >= 11 is 0. The highest BCUT2D eigenvalue weighted by Crippen LogP contribution is 2.19. The van der Waals surface area contributed by atoms with Crippen LogP contribution in [0.5, 0.6) is 0 Å². The Labute approximate surface area is 193 Å². The minimum atomic E-state index is -0.278. The highest BCUT2D eigenvalue weighted by Gasteiger charge is 2.15. The van der Waals surface area contributed by atoms with Crippen LogP contribution < -0.4 is 16.6 Å². The molecule has 3 rings (SSSR count). The maximum absolute atomic E-state index is 13.2. The van der Waals surface area contributed by atoms with Crippen molar-refractivity contribution in [2.24, 2.45) is 0 Å². The molecule has 3 aromatic rings. The van der Waals surface area contributed by atoms with Gasteiger partial charge in [-0.2, -0.15) is 10.1 Å². The number of aromatic nitrogens is 4. The van der Waals surface area contributed by atoms with Crippen LogP contribution in [0.3, 0.4) is 0 Å². The van der Waals surface area contributed by atoms with E-state index in [0.717, 1.165) is 24.0 Å². The number of aliphatic hydroxyl groups is 2. The van der Waals surface area contributed by atoms with E-state index < -0.39 is 0 Å². The third kappa shape index (κ3) is 6.47. The molecule has 0 bridgehead atoms. The molecule has 0 spiro atoms. The average molecular weight is 456 g/mol. The lowest BCUT2D eigenvalue weighted by atomic mass is 10.1. The van der Waals surface area contributed by atoms with Gasteiger partial charge in [0.1, 0.15) is 16.7 Å². The lowest BCUT2D eigenvalue weighted by Crippen LogP contribution is -2.29. The molecule has 1 atom stereocenters. The first-order chi connectivity index (χ1) is 15.9. The van der Waals surface area contributed by atoms with Gasteiger partial charge < -0.3 is 21.3 Å². The van der Waals surface area contributed by atoms with Crippen molar-refractivity contribution in [3.05, 3.63) is 51.9 Å². The summed E-state index contributed by atoms with van der Waals surface area (Å²) in [5.74, 6) is 0.530. The van der Waals surface area contributed by atoms with Crippen LogP contribution in [0.2, 0.25) is 0 Å². The fourth-order valence-corrected chi connectivity index (χ4v) is 3.80. The number of nitrogen functional groups attached to an aromatic ring is 1. The van der Waals surface area contributed by atoms with Crippen LogP contribution in [0.4, 0.5) is 11.8 Å². The zero-order valence-electron chi connectivity index (χ0n) is 19.2. The predicted octanol–water partition coefficient (Wildman–Crippen LogP) is 1.20. The number of aliphatic hydroxyl groups excluding tert-OH is 2. The molecule has 0 aliphatic rings. The van der Waals surface area contributed by atoms with E-state index in [1.807, 2.05) is 36.1 Å². The molecule has 0 unspecified atom stereocenters. The Hall–Kier alpha value is -3.08. The number of nitrogens with zero attached hydrogens (tertiary/aromatic N) is 5. The molecule has 0 amide bonds. The van der Waals surface area contributed by atoms with Gasteiger partial charge in [-0.3, -0.25) is 9.69 Å². The lowest BCUT2D eigenvalue weighted by Gasteiger charge is -2.20. The molecule has 0 aliphatic heterocycles. The monoisotopic (exact) mass is 455 g/mol. The molecule has 33 heavy (non-hydrogen) atoms. The first kappa shape index (κ1) is 24.6. The normalized spacial score (nSPS) is 12.4. The summed E-state index contributed by atoms with van der Waals surface area (Å²) in [6.45, 7) is 6.15. The first-order valence-corrected chi connectivity index (χ1v) is 11.3. The predicted molar refractivity (Wildman–Crippen MR) is 129 cm³/mol. The van der Waals surface area contributed by atoms with E-state index in [4.69, 9.17) is 5.73 Å². The maximum atomic E-state index is 13.2. The number of benzene rings is 1. The van der Waals surface area contributed by atoms with Gasteiger partial charge >= 0.3 is 0 Å². The van der Waals surface area contributed by atoms with E-state index in [-0.39, 0.29) is 30.8 Å². The molecule has 5 N–H and O–H groups in total. The van der Waals surface area contributed by atoms with Crippen molar-refractivity contribution in [2.75, 3.05) is 37.4 Å². The summed E-state index contributed by atoms with van der Waals surface area (Å²) in [4.78, 5) is 23.7. The number of hydrogen-bond donors (Lipinski definition) is 4. The van der Waals surface area contributed by atoms with Crippen LogP contribution in [0.1, 0.15) is 37.8 Å². The second-order valence-electron chi connectivity index (χ2n) is 8.17. The average Bonchev–Trinajstić information content (AvgIpc) is 2.77. The van der Waals surface area contributed by atoms with Crippen LogP contribution >= 0.6 is 0 Å². The van der Waals surface area contributed by atoms with Crippen molar-refractivity contribution in [2.45, 2.75) is 45.8 Å². The minimum absolute atomic E-state index is 0.0397. The first-order valence-electron chi connectivity index (χ1n) is 11.3. The third-order valence-electron chi connectivity index (χ3n) is 5.42. The second-order valence-corrected chi connectivity index (χ2v) is 8.17. The molecule has 178 valence electrons. The molecule has 0 radical (unpaired) electrons. The molecule has 10 heteroatoms. The van der Waals surface area contributed by atoms with Gasteiger partial charge in [-0.25, -0.2) is 9.67 Å². The third-order valence-corrected chi connectivity index (χ3v) is 5.42. The standard InChI is InChI=1S/C23H33N7O3/c1-3-4-16(2)26-21-20-19(27-23(24)28-21)13-25-30(22(20)33)15-18-7-5-17(6-8-18)14-29(9-11-31)10-12-32/h5-8,13,16,31-32H,3-4,9-12,14-15H2,1-2H3,(H3,24,26,27,28)/t16-/m1/s1. The van der Waals surface area contributed by atoms with Crippen LogP contribution in [0.25, 0.3) is 10.9 Å². The van der Waals surface area contributed by atoms with E-state index in [2.05, 4.69) is 27.3 Å². The molecular weight excluding hydrogens is 422 g/mol. The van der Waals surface area contributed by atoms with Gasteiger partial charge in [0.25, 0.3) is 5.56 Å². The van der Waals surface area contributed by atoms with Crippen LogP contribution in [-0.2, 0) is 13.1 Å². The summed E-state index contributed by atoms with van der Waals surface area (Å²) in [5, 5.41) is 26.3. The van der Waals surface area contributed by atoms with Gasteiger partial charge in [0, 0.05) is 25.7 Å². The number of nitrogens with one attached hydrogen (secondary N) is 1. The Morgan fingerprint density at radius 1 is 1.12 bits per heavy atom. The number of fused-ring (bicyclic) bond motifs is 1. The van der Waals surface area contributed by atoms with Gasteiger partial charge in [-0.05, 0) is 24.5 Å². The van der Waals surface area contributed by atoms with Gasteiger partial charge in [-0.1, -0.05) is 37.6 Å². The fraction of sp³-hybridized carbons (Fsp3) is 0.478. The second kappa shape index (κ2) is 11.7. The van der Waals surface area contributed by atoms with Crippen LogP contribution in [-0.4, -0.2) is 67.2 Å². The smallest absolute Gasteiger partial charge is 0.280 e. The van der Waals surface area contributed by atoms with Gasteiger partial charge in [0.05, 0.1) is 26.0 Å². The SMILES string of the molecule is CCC[C@@H](C)Nc1nc(N)nc2cnn(Cc3ccc(CN(CCO)CCO)cc3)c(=O)c12. The zero-order chi connectivity index (χ0) is 23.8. The zero-order valence-corrected chi connectivity index (χ0v) is 19.2. The molecule has 0 aliphatic carbocycles. The molecule has 10 nitrogen and oxygen atoms in total. The highest BCUT2D eigenvalue weighted by atomic mass is 16.3. The number of anilines is 2. The Bertz CT molecular complexity index is 1100. The van der Waals surface area contributed by atoms with Gasteiger partial charge in [-0.15, -0.1) is 0 Å². The summed E-state index contributed by atoms with van der Waals surface area (Å²) < 4.78 is 1.40. The lowest BCUT2D eigenvalue weighted by molar-refractivity contribution is 0.156. The molecular formula is C23H33N7O3. The maximum Gasteiger partial charge on any atom is 0.280 e. The Balaban J connectivity index is 1.83. The summed E-state index contributed by atoms with van der Waals surface area (Å²) in [6.07, 6.45) is 3.48. The minimum Gasteiger partial charge on any atom is -0.395 e. The Morgan fingerprint density at radius 3 is 2.42 bits per heavy atom. The molecule has 0 saturated carbocycles. The van der Waals surface area contributed by atoms with Crippen molar-refractivity contribution >= 4 is 22.7 Å². The van der Waals surface area contributed by atoms with Crippen molar-refractivity contribution in [3.63, 3.8) is 0 Å². The topological polar surface area (TPSA) is 142 Å². The Morgan fingerprint density at radius 2 is 1.79 bits per heavy atom. The van der Waals surface area contributed by atoms with E-state index in [0.29, 0.717) is 42.9 Å². The molecule has 1 aromatic carbocycles. The fourth-order valence-electron chi connectivity index (χ4n) is 3.80. The van der Waals surface area contributed by atoms with Crippen LogP contribution in [0, 0.1) is 0 Å². The molecule has 2 aromatic heterocycles. The Kier molecular flexibility index (Phi) is 8.70. The number of rotatable bonds is 12. The van der Waals surface area contributed by atoms with Crippen molar-refractivity contribution in [3.8, 4) is 0 Å². The molecule has 2 heterocycles. The van der Waals surface area contributed by atoms with Gasteiger partial charge in [0.15, 0.2) is 0 Å². The summed E-state index contributed by atoms with van der Waals surface area (Å²) in [7, 11) is 0. The summed E-state index contributed by atoms with van der Waals surface area (Å²) in [5.41, 5.74) is 7.96. The highest BCUT2D eigenvalue weighted by molar-refractivity contribution is 5.88. The van der Waals surface area contributed by atoms with Gasteiger partial charge in [0.2, 0.25) is 5.95 Å². The van der Waals surface area contributed by atoms with Crippen molar-refractivity contribution < 1.29 is 10.2 Å². The summed E-state index contributed by atoms with van der Waals surface area (Å²) in [6, 6.07) is 7.99. The van der Waals surface area contributed by atoms with Crippen molar-refractivity contribution in [1.29, 1.82) is 0 Å².